The molecule has 0 aliphatic carbocycles. The summed E-state index contributed by atoms with van der Waals surface area (Å²) in [5.74, 6) is -1.62. The van der Waals surface area contributed by atoms with E-state index in [-0.39, 0.29) is 18.0 Å². The third-order valence-electron chi connectivity index (χ3n) is 4.72. The molecular formula is C23H16Cl2F3N5OS. The number of amides is 2. The topological polar surface area (TPSA) is 71.8 Å². The SMILES string of the molecule is O=C(NCc1nnc(SCc2ccc(F)cc2)n1-c1cc(Cl)ccc1Cl)Nc1ccc(F)c(F)c1. The minimum Gasteiger partial charge on any atom is -0.331 e. The highest BCUT2D eigenvalue weighted by atomic mass is 35.5. The molecule has 6 nitrogen and oxygen atoms in total. The Balaban J connectivity index is 1.55. The van der Waals surface area contributed by atoms with E-state index in [0.717, 1.165) is 17.7 Å². The monoisotopic (exact) mass is 537 g/mol. The summed E-state index contributed by atoms with van der Waals surface area (Å²) >= 11 is 13.9. The van der Waals surface area contributed by atoms with Gasteiger partial charge in [0.25, 0.3) is 0 Å². The van der Waals surface area contributed by atoms with E-state index < -0.39 is 17.7 Å². The van der Waals surface area contributed by atoms with E-state index in [1.54, 1.807) is 34.9 Å². The Morgan fingerprint density at radius 2 is 1.71 bits per heavy atom. The Labute approximate surface area is 212 Å². The second-order valence-corrected chi connectivity index (χ2v) is 8.97. The van der Waals surface area contributed by atoms with Crippen molar-refractivity contribution in [3.05, 3.63) is 99.5 Å². The highest BCUT2D eigenvalue weighted by molar-refractivity contribution is 7.98. The van der Waals surface area contributed by atoms with Crippen molar-refractivity contribution < 1.29 is 18.0 Å². The zero-order valence-electron chi connectivity index (χ0n) is 17.7. The molecule has 1 aromatic heterocycles. The summed E-state index contributed by atoms with van der Waals surface area (Å²) in [7, 11) is 0. The Hall–Kier alpha value is -3.21. The number of hydrogen-bond donors (Lipinski definition) is 2. The number of halogens is 5. The molecule has 12 heteroatoms. The van der Waals surface area contributed by atoms with Gasteiger partial charge >= 0.3 is 6.03 Å². The summed E-state index contributed by atoms with van der Waals surface area (Å²) in [6.45, 7) is -0.0670. The number of carbonyl (C=O) groups is 1. The van der Waals surface area contributed by atoms with Crippen molar-refractivity contribution in [3.63, 3.8) is 0 Å². The average Bonchev–Trinajstić information content (AvgIpc) is 3.24. The smallest absolute Gasteiger partial charge is 0.319 e. The molecule has 0 saturated heterocycles. The van der Waals surface area contributed by atoms with Gasteiger partial charge in [0.05, 0.1) is 17.3 Å². The molecular weight excluding hydrogens is 522 g/mol. The van der Waals surface area contributed by atoms with Crippen molar-refractivity contribution >= 4 is 46.7 Å². The van der Waals surface area contributed by atoms with Crippen molar-refractivity contribution in [2.75, 3.05) is 5.32 Å². The summed E-state index contributed by atoms with van der Waals surface area (Å²) in [5.41, 5.74) is 1.45. The van der Waals surface area contributed by atoms with E-state index in [2.05, 4.69) is 20.8 Å². The van der Waals surface area contributed by atoms with Gasteiger partial charge in [0.2, 0.25) is 0 Å². The third kappa shape index (κ3) is 6.27. The van der Waals surface area contributed by atoms with Crippen LogP contribution in [-0.2, 0) is 12.3 Å². The van der Waals surface area contributed by atoms with Crippen LogP contribution in [0.5, 0.6) is 0 Å². The quantitative estimate of drug-likeness (QED) is 0.260. The predicted molar refractivity (Wildman–Crippen MR) is 130 cm³/mol. The van der Waals surface area contributed by atoms with Crippen LogP contribution in [0, 0.1) is 17.5 Å². The van der Waals surface area contributed by atoms with Crippen molar-refractivity contribution in [2.45, 2.75) is 17.5 Å². The molecule has 4 rings (SSSR count). The zero-order chi connectivity index (χ0) is 24.9. The molecule has 0 spiro atoms. The molecule has 0 fully saturated rings. The molecule has 0 saturated carbocycles. The van der Waals surface area contributed by atoms with Crippen molar-refractivity contribution in [2.24, 2.45) is 0 Å². The number of benzene rings is 3. The third-order valence-corrected chi connectivity index (χ3v) is 6.27. The van der Waals surface area contributed by atoms with Gasteiger partial charge in [-0.25, -0.2) is 18.0 Å². The fourth-order valence-corrected chi connectivity index (χ4v) is 4.33. The summed E-state index contributed by atoms with van der Waals surface area (Å²) in [4.78, 5) is 12.3. The molecule has 0 aliphatic rings. The molecule has 0 unspecified atom stereocenters. The lowest BCUT2D eigenvalue weighted by atomic mass is 10.2. The maximum Gasteiger partial charge on any atom is 0.319 e. The van der Waals surface area contributed by atoms with Gasteiger partial charge in [0.15, 0.2) is 22.6 Å². The molecule has 2 N–H and O–H groups in total. The van der Waals surface area contributed by atoms with E-state index in [0.29, 0.717) is 32.5 Å². The van der Waals surface area contributed by atoms with Crippen LogP contribution in [0.15, 0.2) is 65.8 Å². The van der Waals surface area contributed by atoms with Crippen LogP contribution >= 0.6 is 35.0 Å². The number of nitrogens with zero attached hydrogens (tertiary/aromatic N) is 3. The lowest BCUT2D eigenvalue weighted by Gasteiger charge is -2.13. The van der Waals surface area contributed by atoms with Crippen LogP contribution in [0.25, 0.3) is 5.69 Å². The first-order valence-electron chi connectivity index (χ1n) is 10.1. The first-order valence-corrected chi connectivity index (χ1v) is 11.8. The molecule has 2 amide bonds. The molecule has 0 bridgehead atoms. The molecule has 180 valence electrons. The van der Waals surface area contributed by atoms with Gasteiger partial charge < -0.3 is 10.6 Å². The second kappa shape index (κ2) is 11.0. The Kier molecular flexibility index (Phi) is 7.84. The zero-order valence-corrected chi connectivity index (χ0v) is 20.1. The van der Waals surface area contributed by atoms with Crippen LogP contribution in [0.2, 0.25) is 10.0 Å². The van der Waals surface area contributed by atoms with Gasteiger partial charge in [0.1, 0.15) is 5.82 Å². The number of thioether (sulfide) groups is 1. The Bertz CT molecular complexity index is 1370. The van der Waals surface area contributed by atoms with E-state index >= 15 is 0 Å². The van der Waals surface area contributed by atoms with Gasteiger partial charge in [-0.1, -0.05) is 47.1 Å². The van der Waals surface area contributed by atoms with E-state index in [4.69, 9.17) is 23.2 Å². The molecule has 0 atom stereocenters. The van der Waals surface area contributed by atoms with Gasteiger partial charge in [0, 0.05) is 22.5 Å². The van der Waals surface area contributed by atoms with Crippen LogP contribution in [-0.4, -0.2) is 20.8 Å². The average molecular weight is 538 g/mol. The standard InChI is InChI=1S/C23H16Cl2F3N5OS/c24-14-3-7-17(25)20(9-14)33-21(11-29-22(34)30-16-6-8-18(27)19(28)10-16)31-32-23(33)35-12-13-1-4-15(26)5-2-13/h1-10H,11-12H2,(H2,29,30,34). The molecule has 35 heavy (non-hydrogen) atoms. The lowest BCUT2D eigenvalue weighted by Crippen LogP contribution is -2.29. The number of urea groups is 1. The van der Waals surface area contributed by atoms with E-state index in [1.807, 2.05) is 0 Å². The van der Waals surface area contributed by atoms with Crippen LogP contribution in [0.1, 0.15) is 11.4 Å². The minimum absolute atomic E-state index is 0.0670. The second-order valence-electron chi connectivity index (χ2n) is 7.18. The Morgan fingerprint density at radius 3 is 2.46 bits per heavy atom. The first kappa shape index (κ1) is 24.9. The number of hydrogen-bond acceptors (Lipinski definition) is 4. The van der Waals surface area contributed by atoms with Gasteiger partial charge in [-0.05, 0) is 48.0 Å². The number of rotatable bonds is 7. The first-order chi connectivity index (χ1) is 16.8. The molecule has 1 heterocycles. The van der Waals surface area contributed by atoms with Crippen molar-refractivity contribution in [3.8, 4) is 5.69 Å². The summed E-state index contributed by atoms with van der Waals surface area (Å²) in [6, 6.07) is 13.3. The largest absolute Gasteiger partial charge is 0.331 e. The highest BCUT2D eigenvalue weighted by Gasteiger charge is 2.18. The van der Waals surface area contributed by atoms with E-state index in [9.17, 15) is 18.0 Å². The Morgan fingerprint density at radius 1 is 0.943 bits per heavy atom. The minimum atomic E-state index is -1.08. The predicted octanol–water partition coefficient (Wildman–Crippen LogP) is 6.61. The molecule has 3 aromatic carbocycles. The molecule has 0 aliphatic heterocycles. The fourth-order valence-electron chi connectivity index (χ4n) is 3.04. The van der Waals surface area contributed by atoms with E-state index in [1.165, 1.54) is 30.0 Å². The lowest BCUT2D eigenvalue weighted by molar-refractivity contribution is 0.251. The summed E-state index contributed by atoms with van der Waals surface area (Å²) < 4.78 is 41.4. The summed E-state index contributed by atoms with van der Waals surface area (Å²) in [5, 5.41) is 14.7. The maximum atomic E-state index is 13.4. The van der Waals surface area contributed by atoms with Crippen molar-refractivity contribution in [1.82, 2.24) is 20.1 Å². The van der Waals surface area contributed by atoms with Crippen molar-refractivity contribution in [1.29, 1.82) is 0 Å². The highest BCUT2D eigenvalue weighted by Crippen LogP contribution is 2.31. The molecule has 4 aromatic rings. The van der Waals surface area contributed by atoms with Gasteiger partial charge in [-0.15, -0.1) is 10.2 Å². The van der Waals surface area contributed by atoms with Crippen LogP contribution in [0.3, 0.4) is 0 Å². The number of anilines is 1. The fraction of sp³-hybridized carbons (Fsp3) is 0.0870. The number of aromatic nitrogens is 3. The van der Waals surface area contributed by atoms with Crippen LogP contribution < -0.4 is 10.6 Å². The van der Waals surface area contributed by atoms with Gasteiger partial charge in [-0.2, -0.15) is 0 Å². The number of carbonyl (C=O) groups excluding carboxylic acids is 1. The number of nitrogens with one attached hydrogen (secondary N) is 2. The summed E-state index contributed by atoms with van der Waals surface area (Å²) in [6.07, 6.45) is 0. The molecule has 0 radical (unpaired) electrons. The maximum absolute atomic E-state index is 13.4. The van der Waals surface area contributed by atoms with Gasteiger partial charge in [-0.3, -0.25) is 4.57 Å². The normalized spacial score (nSPS) is 10.9. The van der Waals surface area contributed by atoms with Crippen LogP contribution in [0.4, 0.5) is 23.7 Å².